The first-order chi connectivity index (χ1) is 12.1. The molecule has 9 heteroatoms. The lowest BCUT2D eigenvalue weighted by Gasteiger charge is -2.20. The molecule has 3 rings (SSSR count). The summed E-state index contributed by atoms with van der Waals surface area (Å²) in [4.78, 5) is 16.5. The van der Waals surface area contributed by atoms with Crippen LogP contribution < -0.4 is 5.32 Å². The summed E-state index contributed by atoms with van der Waals surface area (Å²) in [6, 6.07) is 1.49. The van der Waals surface area contributed by atoms with Crippen molar-refractivity contribution in [1.29, 1.82) is 0 Å². The van der Waals surface area contributed by atoms with Crippen molar-refractivity contribution >= 4 is 16.8 Å². The Labute approximate surface area is 147 Å². The maximum absolute atomic E-state index is 14.4. The van der Waals surface area contributed by atoms with Gasteiger partial charge in [-0.1, -0.05) is 0 Å². The SMILES string of the molecule is Cc1ncc(-c2cc(F)c3n[nH]c(C(=O)N[C@@H](C)C(C)(F)F)c3c2)n1C. The van der Waals surface area contributed by atoms with Gasteiger partial charge in [0.2, 0.25) is 0 Å². The van der Waals surface area contributed by atoms with Crippen LogP contribution in [0.4, 0.5) is 13.2 Å². The summed E-state index contributed by atoms with van der Waals surface area (Å²) >= 11 is 0. The Bertz CT molecular complexity index is 986. The predicted octanol–water partition coefficient (Wildman–Crippen LogP) is 3.18. The number of hydrogen-bond donors (Lipinski definition) is 2. The van der Waals surface area contributed by atoms with Crippen LogP contribution in [0.2, 0.25) is 0 Å². The molecule has 0 aliphatic heterocycles. The number of rotatable bonds is 4. The molecule has 1 amide bonds. The fraction of sp³-hybridized carbons (Fsp3) is 0.353. The first-order valence-electron chi connectivity index (χ1n) is 7.94. The number of nitrogens with one attached hydrogen (secondary N) is 2. The minimum absolute atomic E-state index is 0.0336. The monoisotopic (exact) mass is 365 g/mol. The van der Waals surface area contributed by atoms with E-state index in [1.54, 1.807) is 30.8 Å². The third-order valence-corrected chi connectivity index (χ3v) is 4.46. The van der Waals surface area contributed by atoms with Crippen molar-refractivity contribution in [2.45, 2.75) is 32.7 Å². The van der Waals surface area contributed by atoms with Crippen LogP contribution in [0, 0.1) is 12.7 Å². The second-order valence-electron chi connectivity index (χ2n) is 6.35. The Morgan fingerprint density at radius 1 is 1.38 bits per heavy atom. The summed E-state index contributed by atoms with van der Waals surface area (Å²) in [5.74, 6) is -3.75. The second-order valence-corrected chi connectivity index (χ2v) is 6.35. The molecule has 1 atom stereocenters. The van der Waals surface area contributed by atoms with Gasteiger partial charge in [0, 0.05) is 24.9 Å². The molecule has 0 saturated carbocycles. The number of amides is 1. The van der Waals surface area contributed by atoms with Crippen molar-refractivity contribution in [2.24, 2.45) is 7.05 Å². The number of aryl methyl sites for hydroxylation is 1. The van der Waals surface area contributed by atoms with E-state index < -0.39 is 23.7 Å². The summed E-state index contributed by atoms with van der Waals surface area (Å²) in [6.07, 6.45) is 1.59. The lowest BCUT2D eigenvalue weighted by molar-refractivity contribution is -0.0108. The molecule has 0 aliphatic carbocycles. The van der Waals surface area contributed by atoms with Crippen LogP contribution in [0.5, 0.6) is 0 Å². The van der Waals surface area contributed by atoms with Gasteiger partial charge in [0.15, 0.2) is 5.82 Å². The van der Waals surface area contributed by atoms with E-state index >= 15 is 0 Å². The summed E-state index contributed by atoms with van der Waals surface area (Å²) < 4.78 is 42.8. The molecule has 2 heterocycles. The molecule has 26 heavy (non-hydrogen) atoms. The Balaban J connectivity index is 2.06. The number of aromatic nitrogens is 4. The summed E-state index contributed by atoms with van der Waals surface area (Å²) in [6.45, 7) is 3.72. The van der Waals surface area contributed by atoms with E-state index in [2.05, 4.69) is 20.5 Å². The zero-order valence-corrected chi connectivity index (χ0v) is 14.7. The highest BCUT2D eigenvalue weighted by Gasteiger charge is 2.32. The average molecular weight is 365 g/mol. The van der Waals surface area contributed by atoms with Crippen LogP contribution >= 0.6 is 0 Å². The van der Waals surface area contributed by atoms with Gasteiger partial charge in [-0.15, -0.1) is 0 Å². The highest BCUT2D eigenvalue weighted by Crippen LogP contribution is 2.28. The van der Waals surface area contributed by atoms with E-state index in [4.69, 9.17) is 0 Å². The van der Waals surface area contributed by atoms with Gasteiger partial charge < -0.3 is 9.88 Å². The van der Waals surface area contributed by atoms with E-state index in [0.29, 0.717) is 18.2 Å². The zero-order chi connectivity index (χ0) is 19.2. The zero-order valence-electron chi connectivity index (χ0n) is 14.7. The number of carbonyl (C=O) groups is 1. The van der Waals surface area contributed by atoms with Gasteiger partial charge in [0.25, 0.3) is 11.8 Å². The lowest BCUT2D eigenvalue weighted by Crippen LogP contribution is -2.43. The maximum atomic E-state index is 14.4. The second kappa shape index (κ2) is 6.15. The molecule has 6 nitrogen and oxygen atoms in total. The van der Waals surface area contributed by atoms with Gasteiger partial charge in [-0.05, 0) is 26.0 Å². The minimum atomic E-state index is -3.09. The number of H-pyrrole nitrogens is 1. The number of nitrogens with zero attached hydrogens (tertiary/aromatic N) is 3. The number of halogens is 3. The average Bonchev–Trinajstić information content (AvgIpc) is 3.11. The van der Waals surface area contributed by atoms with Crippen LogP contribution in [0.1, 0.15) is 30.2 Å². The number of carbonyl (C=O) groups excluding carboxylic acids is 1. The van der Waals surface area contributed by atoms with Crippen LogP contribution in [0.25, 0.3) is 22.2 Å². The maximum Gasteiger partial charge on any atom is 0.270 e. The van der Waals surface area contributed by atoms with Crippen molar-refractivity contribution < 1.29 is 18.0 Å². The number of fused-ring (bicyclic) bond motifs is 1. The minimum Gasteiger partial charge on any atom is -0.342 e. The molecular formula is C17H18F3N5O. The van der Waals surface area contributed by atoms with Gasteiger partial charge in [0.05, 0.1) is 17.9 Å². The molecule has 0 saturated heterocycles. The van der Waals surface area contributed by atoms with Gasteiger partial charge in [-0.25, -0.2) is 18.2 Å². The third kappa shape index (κ3) is 3.04. The Morgan fingerprint density at radius 3 is 2.65 bits per heavy atom. The third-order valence-electron chi connectivity index (χ3n) is 4.46. The largest absolute Gasteiger partial charge is 0.342 e. The Morgan fingerprint density at radius 2 is 2.08 bits per heavy atom. The number of alkyl halides is 2. The molecule has 0 spiro atoms. The molecule has 3 aromatic rings. The number of hydrogen-bond acceptors (Lipinski definition) is 3. The van der Waals surface area contributed by atoms with E-state index in [0.717, 1.165) is 5.82 Å². The highest BCUT2D eigenvalue weighted by molar-refractivity contribution is 6.05. The van der Waals surface area contributed by atoms with Gasteiger partial charge in [-0.2, -0.15) is 5.10 Å². The molecular weight excluding hydrogens is 347 g/mol. The molecule has 0 radical (unpaired) electrons. The number of imidazole rings is 1. The van der Waals surface area contributed by atoms with Crippen LogP contribution in [0.15, 0.2) is 18.3 Å². The lowest BCUT2D eigenvalue weighted by atomic mass is 10.1. The molecule has 0 bridgehead atoms. The first kappa shape index (κ1) is 18.0. The molecule has 2 aromatic heterocycles. The fourth-order valence-corrected chi connectivity index (χ4v) is 2.56. The van der Waals surface area contributed by atoms with Crippen molar-refractivity contribution in [3.05, 3.63) is 35.7 Å². The topological polar surface area (TPSA) is 75.6 Å². The van der Waals surface area contributed by atoms with Gasteiger partial charge in [-0.3, -0.25) is 9.89 Å². The van der Waals surface area contributed by atoms with Crippen LogP contribution in [-0.4, -0.2) is 37.6 Å². The van der Waals surface area contributed by atoms with Crippen LogP contribution in [-0.2, 0) is 7.05 Å². The van der Waals surface area contributed by atoms with Crippen molar-refractivity contribution in [1.82, 2.24) is 25.1 Å². The van der Waals surface area contributed by atoms with Crippen molar-refractivity contribution in [3.8, 4) is 11.3 Å². The number of benzene rings is 1. The van der Waals surface area contributed by atoms with E-state index in [9.17, 15) is 18.0 Å². The molecule has 0 fully saturated rings. The molecule has 0 aliphatic rings. The molecule has 138 valence electrons. The van der Waals surface area contributed by atoms with Crippen molar-refractivity contribution in [3.63, 3.8) is 0 Å². The Hall–Kier alpha value is -2.84. The quantitative estimate of drug-likeness (QED) is 0.746. The van der Waals surface area contributed by atoms with E-state index in [-0.39, 0.29) is 16.6 Å². The van der Waals surface area contributed by atoms with E-state index in [1.807, 2.05) is 0 Å². The van der Waals surface area contributed by atoms with E-state index in [1.165, 1.54) is 13.0 Å². The van der Waals surface area contributed by atoms with Gasteiger partial charge >= 0.3 is 0 Å². The molecule has 0 unspecified atom stereocenters. The highest BCUT2D eigenvalue weighted by atomic mass is 19.3. The normalized spacial score (nSPS) is 13.2. The molecule has 1 aromatic carbocycles. The molecule has 2 N–H and O–H groups in total. The number of aromatic amines is 1. The van der Waals surface area contributed by atoms with Gasteiger partial charge in [0.1, 0.15) is 17.0 Å². The standard InChI is InChI=1S/C17H18F3N5O/c1-8(17(3,19)20)22-16(26)15-11-5-10(6-12(18)14(11)23-24-15)13-7-21-9(2)25(13)4/h5-8H,1-4H3,(H,22,26)(H,23,24)/t8-/m0/s1. The first-order valence-corrected chi connectivity index (χ1v) is 7.94. The summed E-state index contributed by atoms with van der Waals surface area (Å²) in [5, 5.41) is 8.66. The Kier molecular flexibility index (Phi) is 4.25. The summed E-state index contributed by atoms with van der Waals surface area (Å²) in [5.41, 5.74) is 1.05. The summed E-state index contributed by atoms with van der Waals surface area (Å²) in [7, 11) is 1.79. The van der Waals surface area contributed by atoms with Crippen molar-refractivity contribution in [2.75, 3.05) is 0 Å². The predicted molar refractivity (Wildman–Crippen MR) is 90.5 cm³/mol. The fourth-order valence-electron chi connectivity index (χ4n) is 2.56. The van der Waals surface area contributed by atoms with Crippen LogP contribution in [0.3, 0.4) is 0 Å². The smallest absolute Gasteiger partial charge is 0.270 e.